The second-order valence-corrected chi connectivity index (χ2v) is 7.76. The lowest BCUT2D eigenvalue weighted by Crippen LogP contribution is -2.13. The molecule has 33 heavy (non-hydrogen) atoms. The maximum atomic E-state index is 12.5. The van der Waals surface area contributed by atoms with Crippen LogP contribution in [0.5, 0.6) is 5.75 Å². The molecule has 0 aliphatic rings. The van der Waals surface area contributed by atoms with Gasteiger partial charge in [-0.1, -0.05) is 11.6 Å². The Hall–Kier alpha value is -4.04. The van der Waals surface area contributed by atoms with Gasteiger partial charge in [0.1, 0.15) is 18.1 Å². The highest BCUT2D eigenvalue weighted by molar-refractivity contribution is 6.30. The van der Waals surface area contributed by atoms with Gasteiger partial charge in [0.05, 0.1) is 0 Å². The molecule has 0 saturated heterocycles. The maximum absolute atomic E-state index is 12.5. The lowest BCUT2D eigenvalue weighted by molar-refractivity contribution is 0.0990. The molecule has 8 nitrogen and oxygen atoms in total. The van der Waals surface area contributed by atoms with Crippen LogP contribution in [-0.4, -0.2) is 21.6 Å². The number of amides is 2. The van der Waals surface area contributed by atoms with E-state index in [-0.39, 0.29) is 18.3 Å². The third-order valence-electron chi connectivity index (χ3n) is 4.74. The third kappa shape index (κ3) is 5.61. The zero-order valence-electron chi connectivity index (χ0n) is 18.0. The zero-order chi connectivity index (χ0) is 23.4. The van der Waals surface area contributed by atoms with E-state index in [1.54, 1.807) is 72.5 Å². The Labute approximate surface area is 195 Å². The molecule has 4 aromatic rings. The minimum atomic E-state index is -0.394. The summed E-state index contributed by atoms with van der Waals surface area (Å²) in [5.41, 5.74) is 2.37. The summed E-state index contributed by atoms with van der Waals surface area (Å²) in [6.45, 7) is 2.08. The van der Waals surface area contributed by atoms with Crippen LogP contribution in [0, 0.1) is 6.92 Å². The Bertz CT molecular complexity index is 1290. The van der Waals surface area contributed by atoms with E-state index >= 15 is 0 Å². The van der Waals surface area contributed by atoms with Gasteiger partial charge in [-0.05, 0) is 73.2 Å². The van der Waals surface area contributed by atoms with Crippen LogP contribution >= 0.6 is 11.6 Å². The number of nitrogens with zero attached hydrogens (tertiary/aromatic N) is 2. The SMILES string of the molecule is Cc1cc(Cl)ccc1OCc1ccc(C(=O)Nc2ccc(NC(=O)c3ccn(C)n3)cc2)o1. The van der Waals surface area contributed by atoms with Gasteiger partial charge in [0.15, 0.2) is 11.5 Å². The first-order valence-corrected chi connectivity index (χ1v) is 10.5. The molecule has 0 bridgehead atoms. The Morgan fingerprint density at radius 1 is 1.00 bits per heavy atom. The van der Waals surface area contributed by atoms with Gasteiger partial charge in [0, 0.05) is 29.6 Å². The third-order valence-corrected chi connectivity index (χ3v) is 4.97. The number of aromatic nitrogens is 2. The van der Waals surface area contributed by atoms with Crippen molar-refractivity contribution in [2.45, 2.75) is 13.5 Å². The number of aryl methyl sites for hydroxylation is 2. The number of furan rings is 1. The second-order valence-electron chi connectivity index (χ2n) is 7.32. The van der Waals surface area contributed by atoms with E-state index in [1.165, 1.54) is 0 Å². The number of halogens is 1. The van der Waals surface area contributed by atoms with Gasteiger partial charge >= 0.3 is 0 Å². The number of carbonyl (C=O) groups excluding carboxylic acids is 2. The molecule has 0 aliphatic carbocycles. The molecular weight excluding hydrogens is 444 g/mol. The van der Waals surface area contributed by atoms with Crippen molar-refractivity contribution in [1.82, 2.24) is 9.78 Å². The van der Waals surface area contributed by atoms with E-state index in [4.69, 9.17) is 20.8 Å². The average Bonchev–Trinajstić information content (AvgIpc) is 3.44. The van der Waals surface area contributed by atoms with Gasteiger partial charge in [-0.25, -0.2) is 0 Å². The number of benzene rings is 2. The van der Waals surface area contributed by atoms with E-state index < -0.39 is 5.91 Å². The predicted molar refractivity (Wildman–Crippen MR) is 125 cm³/mol. The number of nitrogens with one attached hydrogen (secondary N) is 2. The summed E-state index contributed by atoms with van der Waals surface area (Å²) in [7, 11) is 1.74. The number of anilines is 2. The standard InChI is InChI=1S/C24H21ClN4O4/c1-15-13-16(25)3-9-21(15)32-14-19-8-10-22(33-19)24(31)27-18-6-4-17(5-7-18)26-23(30)20-11-12-29(2)28-20/h3-13H,14H2,1-2H3,(H,26,30)(H,27,31). The zero-order valence-corrected chi connectivity index (χ0v) is 18.7. The van der Waals surface area contributed by atoms with Gasteiger partial charge in [-0.2, -0.15) is 5.10 Å². The van der Waals surface area contributed by atoms with Crippen LogP contribution in [0.2, 0.25) is 5.02 Å². The summed E-state index contributed by atoms with van der Waals surface area (Å²) in [5, 5.41) is 10.2. The normalized spacial score (nSPS) is 10.6. The van der Waals surface area contributed by atoms with Crippen molar-refractivity contribution in [2.75, 3.05) is 10.6 Å². The molecule has 0 unspecified atom stereocenters. The van der Waals surface area contributed by atoms with E-state index in [9.17, 15) is 9.59 Å². The van der Waals surface area contributed by atoms with Gasteiger partial charge < -0.3 is 19.8 Å². The molecule has 9 heteroatoms. The Kier molecular flexibility index (Phi) is 6.46. The monoisotopic (exact) mass is 464 g/mol. The van der Waals surface area contributed by atoms with Crippen LogP contribution in [0.25, 0.3) is 0 Å². The van der Waals surface area contributed by atoms with E-state index in [2.05, 4.69) is 15.7 Å². The topological polar surface area (TPSA) is 98.4 Å². The highest BCUT2D eigenvalue weighted by Gasteiger charge is 2.13. The number of ether oxygens (including phenoxy) is 1. The average molecular weight is 465 g/mol. The van der Waals surface area contributed by atoms with Crippen LogP contribution < -0.4 is 15.4 Å². The Morgan fingerprint density at radius 3 is 2.33 bits per heavy atom. The first-order chi connectivity index (χ1) is 15.9. The highest BCUT2D eigenvalue weighted by Crippen LogP contribution is 2.23. The second kappa shape index (κ2) is 9.62. The van der Waals surface area contributed by atoms with Crippen LogP contribution in [0.1, 0.15) is 32.4 Å². The summed E-state index contributed by atoms with van der Waals surface area (Å²) < 4.78 is 12.9. The summed E-state index contributed by atoms with van der Waals surface area (Å²) in [4.78, 5) is 24.7. The van der Waals surface area contributed by atoms with E-state index in [0.717, 1.165) is 5.56 Å². The lowest BCUT2D eigenvalue weighted by atomic mass is 10.2. The molecule has 2 amide bonds. The van der Waals surface area contributed by atoms with Crippen molar-refractivity contribution in [3.8, 4) is 5.75 Å². The molecule has 4 rings (SSSR count). The van der Waals surface area contributed by atoms with Gasteiger partial charge in [0.25, 0.3) is 11.8 Å². The van der Waals surface area contributed by atoms with Crippen molar-refractivity contribution in [1.29, 1.82) is 0 Å². The van der Waals surface area contributed by atoms with Crippen molar-refractivity contribution in [2.24, 2.45) is 7.05 Å². The fourth-order valence-electron chi connectivity index (χ4n) is 3.06. The van der Waals surface area contributed by atoms with Crippen LogP contribution in [-0.2, 0) is 13.7 Å². The highest BCUT2D eigenvalue weighted by atomic mass is 35.5. The Balaban J connectivity index is 1.32. The number of rotatable bonds is 7. The first kappa shape index (κ1) is 22.2. The minimum Gasteiger partial charge on any atom is -0.485 e. The van der Waals surface area contributed by atoms with Crippen molar-refractivity contribution < 1.29 is 18.7 Å². The summed E-state index contributed by atoms with van der Waals surface area (Å²) in [5.74, 6) is 0.661. The molecular formula is C24H21ClN4O4. The smallest absolute Gasteiger partial charge is 0.291 e. The molecule has 0 fully saturated rings. The van der Waals surface area contributed by atoms with Gasteiger partial charge in [0.2, 0.25) is 0 Å². The van der Waals surface area contributed by atoms with Crippen LogP contribution in [0.3, 0.4) is 0 Å². The van der Waals surface area contributed by atoms with E-state index in [0.29, 0.717) is 33.6 Å². The summed E-state index contributed by atoms with van der Waals surface area (Å²) in [6, 6.07) is 17.0. The summed E-state index contributed by atoms with van der Waals surface area (Å²) >= 11 is 5.96. The molecule has 0 saturated carbocycles. The molecule has 0 spiro atoms. The van der Waals surface area contributed by atoms with E-state index in [1.807, 2.05) is 13.0 Å². The number of hydrogen-bond donors (Lipinski definition) is 2. The lowest BCUT2D eigenvalue weighted by Gasteiger charge is -2.08. The van der Waals surface area contributed by atoms with Crippen LogP contribution in [0.4, 0.5) is 11.4 Å². The van der Waals surface area contributed by atoms with Gasteiger partial charge in [-0.3, -0.25) is 14.3 Å². The fraction of sp³-hybridized carbons (Fsp3) is 0.125. The Morgan fingerprint density at radius 2 is 1.70 bits per heavy atom. The molecule has 0 radical (unpaired) electrons. The maximum Gasteiger partial charge on any atom is 0.291 e. The minimum absolute atomic E-state index is 0.161. The first-order valence-electron chi connectivity index (χ1n) is 10.1. The van der Waals surface area contributed by atoms with Crippen LogP contribution in [0.15, 0.2) is 71.3 Å². The molecule has 2 N–H and O–H groups in total. The fourth-order valence-corrected chi connectivity index (χ4v) is 3.29. The number of hydrogen-bond acceptors (Lipinski definition) is 5. The molecule has 2 heterocycles. The quantitative estimate of drug-likeness (QED) is 0.398. The molecule has 0 atom stereocenters. The number of carbonyl (C=O) groups is 2. The molecule has 2 aromatic carbocycles. The largest absolute Gasteiger partial charge is 0.485 e. The van der Waals surface area contributed by atoms with Crippen molar-refractivity contribution in [3.05, 3.63) is 94.7 Å². The molecule has 2 aromatic heterocycles. The predicted octanol–water partition coefficient (Wildman–Crippen LogP) is 5.06. The molecule has 0 aliphatic heterocycles. The van der Waals surface area contributed by atoms with Crippen molar-refractivity contribution in [3.63, 3.8) is 0 Å². The van der Waals surface area contributed by atoms with Gasteiger partial charge in [-0.15, -0.1) is 0 Å². The molecule has 168 valence electrons. The summed E-state index contributed by atoms with van der Waals surface area (Å²) in [6.07, 6.45) is 1.69. The van der Waals surface area contributed by atoms with Crippen molar-refractivity contribution >= 4 is 34.8 Å².